The number of carbonyl (C=O) groups is 1. The Bertz CT molecular complexity index is 1510. The molecule has 0 spiro atoms. The van der Waals surface area contributed by atoms with Gasteiger partial charge in [0.15, 0.2) is 0 Å². The number of anilines is 2. The van der Waals surface area contributed by atoms with Gasteiger partial charge in [0.05, 0.1) is 16.6 Å². The number of halogens is 3. The molecule has 1 fully saturated rings. The predicted molar refractivity (Wildman–Crippen MR) is 144 cm³/mol. The lowest BCUT2D eigenvalue weighted by Crippen LogP contribution is -2.29. The Labute approximate surface area is 224 Å². The minimum Gasteiger partial charge on any atom is -0.478 e. The lowest BCUT2D eigenvalue weighted by atomic mass is 9.70. The van der Waals surface area contributed by atoms with Crippen molar-refractivity contribution >= 4 is 28.6 Å². The molecule has 2 atom stereocenters. The van der Waals surface area contributed by atoms with E-state index in [1.807, 2.05) is 24.3 Å². The second-order valence-corrected chi connectivity index (χ2v) is 11.2. The van der Waals surface area contributed by atoms with Crippen molar-refractivity contribution in [1.82, 2.24) is 9.55 Å². The van der Waals surface area contributed by atoms with Gasteiger partial charge in [-0.05, 0) is 90.3 Å². The molecule has 6 nitrogen and oxygen atoms in total. The smallest absolute Gasteiger partial charge is 0.478 e. The lowest BCUT2D eigenvalue weighted by Gasteiger charge is -2.40. The summed E-state index contributed by atoms with van der Waals surface area (Å²) in [6.45, 7) is 6.80. The standard InChI is InChI=1S/C30H30F3N3O3/c1-18-13-23(17-29(2,3)16-18)36-26-12-7-20(19-5-4-6-21(14-19)27(37)38)15-25(26)35-28(36)34-22-8-10-24(11-9-22)39-30(31,32)33/h4-12,14-15,18,23H,13,16-17H2,1-3H3,(H,34,35)(H,37,38). The molecule has 1 aromatic heterocycles. The van der Waals surface area contributed by atoms with E-state index >= 15 is 0 Å². The Morgan fingerprint density at radius 2 is 1.77 bits per heavy atom. The van der Waals surface area contributed by atoms with Crippen molar-refractivity contribution in [2.75, 3.05) is 5.32 Å². The quantitative estimate of drug-likeness (QED) is 0.258. The van der Waals surface area contributed by atoms with Crippen molar-refractivity contribution in [3.05, 3.63) is 72.3 Å². The van der Waals surface area contributed by atoms with Gasteiger partial charge in [-0.15, -0.1) is 13.2 Å². The number of ether oxygens (including phenoxy) is 1. The van der Waals surface area contributed by atoms with Gasteiger partial charge >= 0.3 is 12.3 Å². The minimum absolute atomic E-state index is 0.143. The third-order valence-corrected chi connectivity index (χ3v) is 7.21. The molecule has 2 N–H and O–H groups in total. The maximum Gasteiger partial charge on any atom is 0.573 e. The van der Waals surface area contributed by atoms with Gasteiger partial charge in [-0.3, -0.25) is 0 Å². The SMILES string of the molecule is CC1CC(n2c(Nc3ccc(OC(F)(F)F)cc3)nc3cc(-c4cccc(C(=O)O)c4)ccc32)CC(C)(C)C1. The average Bonchev–Trinajstić information content (AvgIpc) is 3.20. The Morgan fingerprint density at radius 1 is 1.05 bits per heavy atom. The molecule has 1 saturated carbocycles. The second-order valence-electron chi connectivity index (χ2n) is 11.2. The molecule has 1 aliphatic rings. The number of hydrogen-bond acceptors (Lipinski definition) is 4. The molecule has 0 bridgehead atoms. The first kappa shape index (κ1) is 26.6. The molecule has 5 rings (SSSR count). The molecule has 0 saturated heterocycles. The van der Waals surface area contributed by atoms with Gasteiger partial charge in [0, 0.05) is 11.7 Å². The van der Waals surface area contributed by atoms with Crippen molar-refractivity contribution in [1.29, 1.82) is 0 Å². The van der Waals surface area contributed by atoms with Gasteiger partial charge < -0.3 is 19.7 Å². The highest BCUT2D eigenvalue weighted by atomic mass is 19.4. The van der Waals surface area contributed by atoms with Crippen LogP contribution in [0, 0.1) is 11.3 Å². The van der Waals surface area contributed by atoms with E-state index in [0.29, 0.717) is 17.6 Å². The fourth-order valence-electron chi connectivity index (χ4n) is 5.93. The van der Waals surface area contributed by atoms with E-state index in [2.05, 4.69) is 35.4 Å². The maximum absolute atomic E-state index is 12.6. The van der Waals surface area contributed by atoms with Crippen molar-refractivity contribution < 1.29 is 27.8 Å². The van der Waals surface area contributed by atoms with Gasteiger partial charge in [-0.2, -0.15) is 0 Å². The third kappa shape index (κ3) is 6.02. The van der Waals surface area contributed by atoms with Crippen LogP contribution in [0.4, 0.5) is 24.8 Å². The number of fused-ring (bicyclic) bond motifs is 1. The van der Waals surface area contributed by atoms with Crippen LogP contribution in [0.3, 0.4) is 0 Å². The summed E-state index contributed by atoms with van der Waals surface area (Å²) in [4.78, 5) is 16.4. The molecule has 1 aliphatic carbocycles. The minimum atomic E-state index is -4.75. The number of carboxylic acids is 1. The molecule has 0 amide bonds. The summed E-state index contributed by atoms with van der Waals surface area (Å²) in [6.07, 6.45) is -1.69. The van der Waals surface area contributed by atoms with Crippen LogP contribution >= 0.6 is 0 Å². The fourth-order valence-corrected chi connectivity index (χ4v) is 5.93. The molecule has 1 heterocycles. The van der Waals surface area contributed by atoms with Crippen LogP contribution in [0.15, 0.2) is 66.7 Å². The van der Waals surface area contributed by atoms with Crippen molar-refractivity contribution in [2.45, 2.75) is 52.4 Å². The third-order valence-electron chi connectivity index (χ3n) is 7.21. The predicted octanol–water partition coefficient (Wildman–Crippen LogP) is 8.43. The maximum atomic E-state index is 12.6. The van der Waals surface area contributed by atoms with E-state index in [-0.39, 0.29) is 22.8 Å². The molecule has 39 heavy (non-hydrogen) atoms. The first-order valence-electron chi connectivity index (χ1n) is 12.9. The zero-order valence-corrected chi connectivity index (χ0v) is 21.9. The highest BCUT2D eigenvalue weighted by Gasteiger charge is 2.35. The molecule has 4 aromatic rings. The highest BCUT2D eigenvalue weighted by molar-refractivity contribution is 5.90. The molecule has 2 unspecified atom stereocenters. The normalized spacial score (nSPS) is 19.1. The Hall–Kier alpha value is -4.01. The van der Waals surface area contributed by atoms with Crippen LogP contribution in [-0.2, 0) is 0 Å². The summed E-state index contributed by atoms with van der Waals surface area (Å²) in [7, 11) is 0. The summed E-state index contributed by atoms with van der Waals surface area (Å²) in [5, 5.41) is 12.7. The number of alkyl halides is 3. The average molecular weight is 538 g/mol. The Kier molecular flexibility index (Phi) is 6.78. The molecule has 9 heteroatoms. The summed E-state index contributed by atoms with van der Waals surface area (Å²) in [5.41, 5.74) is 4.22. The zero-order valence-electron chi connectivity index (χ0n) is 21.9. The summed E-state index contributed by atoms with van der Waals surface area (Å²) >= 11 is 0. The number of rotatable bonds is 6. The van der Waals surface area contributed by atoms with Gasteiger partial charge in [0.25, 0.3) is 0 Å². The van der Waals surface area contributed by atoms with Gasteiger partial charge in [0.1, 0.15) is 5.75 Å². The van der Waals surface area contributed by atoms with E-state index < -0.39 is 12.3 Å². The number of nitrogens with one attached hydrogen (secondary N) is 1. The summed E-state index contributed by atoms with van der Waals surface area (Å²) in [6, 6.07) is 18.4. The van der Waals surface area contributed by atoms with E-state index in [9.17, 15) is 23.1 Å². The number of nitrogens with zero attached hydrogens (tertiary/aromatic N) is 2. The molecule has 204 valence electrons. The largest absolute Gasteiger partial charge is 0.573 e. The van der Waals surface area contributed by atoms with Gasteiger partial charge in [0.2, 0.25) is 5.95 Å². The monoisotopic (exact) mass is 537 g/mol. The van der Waals surface area contributed by atoms with Crippen molar-refractivity contribution in [3.63, 3.8) is 0 Å². The van der Waals surface area contributed by atoms with E-state index in [0.717, 1.165) is 41.4 Å². The van der Waals surface area contributed by atoms with E-state index in [1.54, 1.807) is 18.2 Å². The van der Waals surface area contributed by atoms with E-state index in [4.69, 9.17) is 4.98 Å². The second kappa shape index (κ2) is 9.94. The van der Waals surface area contributed by atoms with Crippen LogP contribution in [-0.4, -0.2) is 27.0 Å². The first-order chi connectivity index (χ1) is 18.4. The number of aromatic carboxylic acids is 1. The van der Waals surface area contributed by atoms with Crippen LogP contribution in [0.25, 0.3) is 22.2 Å². The summed E-state index contributed by atoms with van der Waals surface area (Å²) in [5.74, 6) is -0.172. The zero-order chi connectivity index (χ0) is 27.9. The Morgan fingerprint density at radius 3 is 2.44 bits per heavy atom. The molecule has 0 radical (unpaired) electrons. The van der Waals surface area contributed by atoms with Crippen molar-refractivity contribution in [2.24, 2.45) is 11.3 Å². The van der Waals surface area contributed by atoms with E-state index in [1.165, 1.54) is 24.3 Å². The molecule has 3 aromatic carbocycles. The van der Waals surface area contributed by atoms with Crippen LogP contribution in [0.1, 0.15) is 56.4 Å². The molecular formula is C30H30F3N3O3. The van der Waals surface area contributed by atoms with Crippen LogP contribution in [0.5, 0.6) is 5.75 Å². The van der Waals surface area contributed by atoms with Gasteiger partial charge in [-0.1, -0.05) is 39.0 Å². The molecule has 0 aliphatic heterocycles. The van der Waals surface area contributed by atoms with Crippen molar-refractivity contribution in [3.8, 4) is 16.9 Å². The Balaban J connectivity index is 1.56. The number of imidazole rings is 1. The number of carboxylic acid groups (broad SMARTS) is 1. The highest BCUT2D eigenvalue weighted by Crippen LogP contribution is 2.46. The van der Waals surface area contributed by atoms with Gasteiger partial charge in [-0.25, -0.2) is 9.78 Å². The topological polar surface area (TPSA) is 76.4 Å². The number of aromatic nitrogens is 2. The number of hydrogen-bond donors (Lipinski definition) is 2. The van der Waals surface area contributed by atoms with Crippen LogP contribution in [0.2, 0.25) is 0 Å². The first-order valence-corrected chi connectivity index (χ1v) is 12.9. The lowest BCUT2D eigenvalue weighted by molar-refractivity contribution is -0.274. The summed E-state index contributed by atoms with van der Waals surface area (Å²) < 4.78 is 44.0. The fraction of sp³-hybridized carbons (Fsp3) is 0.333. The number of benzene rings is 3. The van der Waals surface area contributed by atoms with Crippen LogP contribution < -0.4 is 10.1 Å². The molecular weight excluding hydrogens is 507 g/mol.